The number of urea groups is 1. The van der Waals surface area contributed by atoms with Crippen molar-refractivity contribution in [2.75, 3.05) is 45.0 Å². The van der Waals surface area contributed by atoms with E-state index >= 15 is 0 Å². The third kappa shape index (κ3) is 10.4. The molecule has 3 aliphatic heterocycles. The van der Waals surface area contributed by atoms with Crippen LogP contribution in [0, 0.1) is 0 Å². The molecule has 0 aliphatic carbocycles. The number of thioether (sulfide) groups is 1. The van der Waals surface area contributed by atoms with Crippen molar-refractivity contribution in [3.05, 3.63) is 12.3 Å². The number of aliphatic hydroxyl groups excluding tert-OH is 5. The highest BCUT2D eigenvalue weighted by Crippen LogP contribution is 2.61. The van der Waals surface area contributed by atoms with Crippen molar-refractivity contribution < 1.29 is 81.5 Å². The third-order valence-corrected chi connectivity index (χ3v) is 9.81. The summed E-state index contributed by atoms with van der Waals surface area (Å²) in [6, 6.07) is -0.764. The zero-order valence-electron chi connectivity index (χ0n) is 22.7. The maximum absolute atomic E-state index is 12.5. The van der Waals surface area contributed by atoms with E-state index in [4.69, 9.17) is 24.7 Å². The van der Waals surface area contributed by atoms with Crippen LogP contribution in [0.1, 0.15) is 0 Å². The highest BCUT2D eigenvalue weighted by atomic mass is 32.2. The van der Waals surface area contributed by atoms with Crippen LogP contribution in [0.3, 0.4) is 0 Å². The predicted octanol–water partition coefficient (Wildman–Crippen LogP) is -3.29. The first kappa shape index (κ1) is 36.7. The van der Waals surface area contributed by atoms with Gasteiger partial charge in [0.15, 0.2) is 12.5 Å². The molecule has 2 fully saturated rings. The standard InChI is InChI=1S/C20H37N3O17P2S/c1-34-4-5-35-6-7-43-9-11-14(25)15(26)17(28)19(38-11)39-42(32,33)40-41(30,31)36-8-10-13(24)16(27)18(37-10)23-3-2-12(21)22-20(23)29/h2-3,10-19,24-28H,4-9,21H2,1H3,(H,22,29)(H,30,31)(H,32,33)/t10?,11?,12?,13-,14+,15+,16-,17?,18?,19-/m1/s1. The average molecular weight is 686 g/mol. The maximum atomic E-state index is 12.5. The van der Waals surface area contributed by atoms with Gasteiger partial charge in [-0.3, -0.25) is 13.9 Å². The van der Waals surface area contributed by atoms with Gasteiger partial charge in [-0.2, -0.15) is 16.1 Å². The Hall–Kier alpha value is -0.780. The van der Waals surface area contributed by atoms with Crippen LogP contribution in [-0.2, 0) is 41.4 Å². The van der Waals surface area contributed by atoms with Crippen LogP contribution < -0.4 is 11.1 Å². The minimum Gasteiger partial charge on any atom is -0.388 e. The maximum Gasteiger partial charge on any atom is 0.483 e. The van der Waals surface area contributed by atoms with Crippen LogP contribution in [0.25, 0.3) is 0 Å². The molecule has 3 rings (SSSR count). The van der Waals surface area contributed by atoms with Crippen LogP contribution in [0.5, 0.6) is 0 Å². The topological polar surface area (TPSA) is 299 Å². The zero-order chi connectivity index (χ0) is 31.9. The van der Waals surface area contributed by atoms with Crippen LogP contribution in [0.2, 0.25) is 0 Å². The fourth-order valence-corrected chi connectivity index (χ4v) is 7.06. The van der Waals surface area contributed by atoms with Gasteiger partial charge in [-0.05, 0) is 6.08 Å². The molecule has 0 saturated carbocycles. The van der Waals surface area contributed by atoms with E-state index in [0.29, 0.717) is 25.6 Å². The van der Waals surface area contributed by atoms with Gasteiger partial charge in [0.05, 0.1) is 38.7 Å². The number of amides is 2. The van der Waals surface area contributed by atoms with E-state index in [2.05, 4.69) is 18.7 Å². The molecule has 0 spiro atoms. The predicted molar refractivity (Wildman–Crippen MR) is 143 cm³/mol. The van der Waals surface area contributed by atoms with E-state index in [1.54, 1.807) is 0 Å². The summed E-state index contributed by atoms with van der Waals surface area (Å²) in [6.07, 6.45) is -13.4. The van der Waals surface area contributed by atoms with Gasteiger partial charge in [-0.15, -0.1) is 0 Å². The molecule has 0 aromatic rings. The summed E-state index contributed by atoms with van der Waals surface area (Å²) in [5.41, 5.74) is 5.55. The quantitative estimate of drug-likeness (QED) is 0.0568. The molecular formula is C20H37N3O17P2S. The summed E-state index contributed by atoms with van der Waals surface area (Å²) in [5.74, 6) is 0.481. The summed E-state index contributed by atoms with van der Waals surface area (Å²) >= 11 is 1.23. The van der Waals surface area contributed by atoms with Crippen molar-refractivity contribution in [2.45, 2.75) is 61.4 Å². The minimum atomic E-state index is -5.57. The molecule has 12 atom stereocenters. The molecule has 10 N–H and O–H groups in total. The summed E-state index contributed by atoms with van der Waals surface area (Å²) in [4.78, 5) is 33.1. The monoisotopic (exact) mass is 685 g/mol. The molecule has 20 nitrogen and oxygen atoms in total. The number of carbonyl (C=O) groups is 1. The van der Waals surface area contributed by atoms with Crippen molar-refractivity contribution >= 4 is 33.4 Å². The number of hydrogen-bond donors (Lipinski definition) is 9. The number of phosphoric acid groups is 2. The Kier molecular flexibility index (Phi) is 13.8. The summed E-state index contributed by atoms with van der Waals surface area (Å²) in [5, 5.41) is 53.5. The Morgan fingerprint density at radius 3 is 2.35 bits per heavy atom. The number of methoxy groups -OCH3 is 1. The Balaban J connectivity index is 1.51. The lowest BCUT2D eigenvalue weighted by molar-refractivity contribution is -0.270. The van der Waals surface area contributed by atoms with Crippen molar-refractivity contribution in [3.63, 3.8) is 0 Å². The van der Waals surface area contributed by atoms with Crippen LogP contribution in [-0.4, -0.2) is 153 Å². The van der Waals surface area contributed by atoms with Gasteiger partial charge in [-0.25, -0.2) is 13.9 Å². The number of nitrogens with two attached hydrogens (primary N) is 1. The molecule has 2 saturated heterocycles. The molecule has 7 unspecified atom stereocenters. The SMILES string of the molecule is COCCOCCSCC1O[C@H](OP(=O)(O)OP(=O)(O)OCC2OC(N3C=CC(N)NC3=O)[C@H](O)[C@@H]2O)C(O)[C@@H](O)[C@H]1O. The molecule has 3 heterocycles. The molecular weight excluding hydrogens is 648 g/mol. The fourth-order valence-electron chi connectivity index (χ4n) is 3.99. The van der Waals surface area contributed by atoms with E-state index in [-0.39, 0.29) is 5.75 Å². The van der Waals surface area contributed by atoms with Crippen molar-refractivity contribution in [1.29, 1.82) is 0 Å². The van der Waals surface area contributed by atoms with Gasteiger partial charge >= 0.3 is 21.7 Å². The zero-order valence-corrected chi connectivity index (χ0v) is 25.3. The number of nitrogens with one attached hydrogen (secondary N) is 1. The van der Waals surface area contributed by atoms with Gasteiger partial charge in [0.25, 0.3) is 0 Å². The number of aliphatic hydroxyl groups is 5. The number of rotatable bonds is 16. The highest BCUT2D eigenvalue weighted by Gasteiger charge is 2.50. The second kappa shape index (κ2) is 16.2. The number of hydrogen-bond acceptors (Lipinski definition) is 17. The average Bonchev–Trinajstić information content (AvgIpc) is 3.20. The smallest absolute Gasteiger partial charge is 0.388 e. The number of carbonyl (C=O) groups excluding carboxylic acids is 1. The lowest BCUT2D eigenvalue weighted by Crippen LogP contribution is -2.58. The lowest BCUT2D eigenvalue weighted by atomic mass is 10.0. The molecule has 23 heteroatoms. The van der Waals surface area contributed by atoms with Gasteiger partial charge < -0.3 is 65.3 Å². The lowest BCUT2D eigenvalue weighted by Gasteiger charge is -2.40. The van der Waals surface area contributed by atoms with Gasteiger partial charge in [0, 0.05) is 24.8 Å². The number of phosphoric ester groups is 2. The van der Waals surface area contributed by atoms with E-state index in [1.165, 1.54) is 31.1 Å². The van der Waals surface area contributed by atoms with E-state index in [9.17, 15) is 49.2 Å². The second-order valence-corrected chi connectivity index (χ2v) is 13.5. The largest absolute Gasteiger partial charge is 0.483 e. The fraction of sp³-hybridized carbons (Fsp3) is 0.850. The van der Waals surface area contributed by atoms with E-state index in [0.717, 1.165) is 4.90 Å². The summed E-state index contributed by atoms with van der Waals surface area (Å²) < 4.78 is 59.2. The van der Waals surface area contributed by atoms with Crippen LogP contribution >= 0.6 is 27.4 Å². The molecule has 0 bridgehead atoms. The van der Waals surface area contributed by atoms with E-state index in [1.807, 2.05) is 0 Å². The number of ether oxygens (including phenoxy) is 4. The molecule has 43 heavy (non-hydrogen) atoms. The molecule has 0 aromatic carbocycles. The molecule has 0 aromatic heterocycles. The molecule has 3 aliphatic rings. The van der Waals surface area contributed by atoms with E-state index < -0.39 is 89.7 Å². The van der Waals surface area contributed by atoms with Crippen molar-refractivity contribution in [3.8, 4) is 0 Å². The molecule has 250 valence electrons. The Morgan fingerprint density at radius 2 is 1.67 bits per heavy atom. The molecule has 0 radical (unpaired) electrons. The van der Waals surface area contributed by atoms with Gasteiger partial charge in [0.1, 0.15) is 36.6 Å². The highest BCUT2D eigenvalue weighted by molar-refractivity contribution is 7.99. The minimum absolute atomic E-state index is 0.0366. The Bertz CT molecular complexity index is 1050. The van der Waals surface area contributed by atoms with Crippen molar-refractivity contribution in [1.82, 2.24) is 10.2 Å². The van der Waals surface area contributed by atoms with Gasteiger partial charge in [-0.1, -0.05) is 0 Å². The van der Waals surface area contributed by atoms with Gasteiger partial charge in [0.2, 0.25) is 0 Å². The first-order chi connectivity index (χ1) is 20.2. The summed E-state index contributed by atoms with van der Waals surface area (Å²) in [6.45, 7) is 0.129. The van der Waals surface area contributed by atoms with Crippen LogP contribution in [0.4, 0.5) is 4.79 Å². The first-order valence-corrected chi connectivity index (χ1v) is 16.9. The molecule has 2 amide bonds. The summed E-state index contributed by atoms with van der Waals surface area (Å²) in [7, 11) is -9.50. The Morgan fingerprint density at radius 1 is 0.977 bits per heavy atom. The first-order valence-electron chi connectivity index (χ1n) is 12.7. The van der Waals surface area contributed by atoms with Crippen molar-refractivity contribution in [2.24, 2.45) is 5.73 Å². The third-order valence-electron chi connectivity index (χ3n) is 6.19. The van der Waals surface area contributed by atoms with Crippen LogP contribution in [0.15, 0.2) is 12.3 Å². The Labute approximate surface area is 249 Å². The number of nitrogens with zero attached hydrogens (tertiary/aromatic N) is 1. The normalized spacial score (nSPS) is 37.6. The second-order valence-electron chi connectivity index (χ2n) is 9.39.